The molecule has 0 bridgehead atoms. The monoisotopic (exact) mass is 244 g/mol. The Bertz CT molecular complexity index is 236. The van der Waals surface area contributed by atoms with Crippen LogP contribution in [0.4, 0.5) is 0 Å². The van der Waals surface area contributed by atoms with Crippen LogP contribution in [-0.4, -0.2) is 42.4 Å². The third kappa shape index (κ3) is 2.54. The molecule has 1 saturated carbocycles. The van der Waals surface area contributed by atoms with Gasteiger partial charge < -0.3 is 10.6 Å². The molecule has 0 aromatic carbocycles. The van der Waals surface area contributed by atoms with Gasteiger partial charge in [-0.25, -0.2) is 0 Å². The highest BCUT2D eigenvalue weighted by molar-refractivity contribution is 7.98. The Balaban J connectivity index is 2.64. The number of carbonyl (C=O) groups is 1. The first-order valence-electron chi connectivity index (χ1n) is 6.07. The molecule has 3 nitrogen and oxygen atoms in total. The maximum absolute atomic E-state index is 12.4. The van der Waals surface area contributed by atoms with Gasteiger partial charge in [0.2, 0.25) is 5.91 Å². The van der Waals surface area contributed by atoms with E-state index in [0.717, 1.165) is 31.4 Å². The lowest BCUT2D eigenvalue weighted by atomic mass is 9.67. The zero-order chi connectivity index (χ0) is 12.2. The van der Waals surface area contributed by atoms with E-state index in [9.17, 15) is 4.79 Å². The molecule has 0 aromatic rings. The molecule has 1 aliphatic carbocycles. The van der Waals surface area contributed by atoms with Gasteiger partial charge in [-0.15, -0.1) is 0 Å². The third-order valence-corrected chi connectivity index (χ3v) is 4.57. The minimum atomic E-state index is -0.222. The molecule has 0 spiro atoms. The summed E-state index contributed by atoms with van der Waals surface area (Å²) in [6.07, 6.45) is 6.20. The van der Waals surface area contributed by atoms with Crippen LogP contribution in [0.5, 0.6) is 0 Å². The normalized spacial score (nSPS) is 20.0. The topological polar surface area (TPSA) is 46.3 Å². The molecule has 0 aliphatic heterocycles. The van der Waals surface area contributed by atoms with Gasteiger partial charge in [0.25, 0.3) is 0 Å². The molecule has 1 unspecified atom stereocenters. The molecule has 4 heteroatoms. The Hall–Kier alpha value is -0.220. The minimum absolute atomic E-state index is 0.222. The smallest absolute Gasteiger partial charge is 0.230 e. The molecule has 1 fully saturated rings. The van der Waals surface area contributed by atoms with Gasteiger partial charge in [0.15, 0.2) is 0 Å². The molecule has 1 amide bonds. The molecule has 94 valence electrons. The third-order valence-electron chi connectivity index (χ3n) is 3.85. The highest BCUT2D eigenvalue weighted by atomic mass is 32.2. The lowest BCUT2D eigenvalue weighted by molar-refractivity contribution is -0.147. The van der Waals surface area contributed by atoms with Crippen molar-refractivity contribution in [3.8, 4) is 0 Å². The van der Waals surface area contributed by atoms with Gasteiger partial charge in [0, 0.05) is 25.4 Å². The van der Waals surface area contributed by atoms with Crippen LogP contribution >= 0.6 is 11.8 Å². The molecule has 1 aliphatic rings. The molecular weight excluding hydrogens is 220 g/mol. The second-order valence-corrected chi connectivity index (χ2v) is 5.68. The number of thioether (sulfide) groups is 1. The van der Waals surface area contributed by atoms with Gasteiger partial charge in [-0.05, 0) is 25.5 Å². The first-order chi connectivity index (χ1) is 7.61. The Morgan fingerprint density at radius 2 is 2.19 bits per heavy atom. The minimum Gasteiger partial charge on any atom is -0.341 e. The zero-order valence-corrected chi connectivity index (χ0v) is 11.5. The van der Waals surface area contributed by atoms with Crippen LogP contribution in [0, 0.1) is 5.41 Å². The number of hydrogen-bond donors (Lipinski definition) is 1. The van der Waals surface area contributed by atoms with E-state index in [4.69, 9.17) is 5.73 Å². The maximum atomic E-state index is 12.4. The van der Waals surface area contributed by atoms with Crippen LogP contribution in [-0.2, 0) is 4.79 Å². The Morgan fingerprint density at radius 3 is 2.50 bits per heavy atom. The highest BCUT2D eigenvalue weighted by Gasteiger charge is 2.45. The van der Waals surface area contributed by atoms with E-state index >= 15 is 0 Å². The van der Waals surface area contributed by atoms with Gasteiger partial charge in [-0.2, -0.15) is 11.8 Å². The van der Waals surface area contributed by atoms with Crippen molar-refractivity contribution in [1.29, 1.82) is 0 Å². The summed E-state index contributed by atoms with van der Waals surface area (Å²) in [5.74, 6) is 1.28. The largest absolute Gasteiger partial charge is 0.341 e. The van der Waals surface area contributed by atoms with Gasteiger partial charge in [-0.1, -0.05) is 13.3 Å². The summed E-state index contributed by atoms with van der Waals surface area (Å²) in [7, 11) is 1.93. The van der Waals surface area contributed by atoms with E-state index in [2.05, 4.69) is 13.2 Å². The lowest BCUT2D eigenvalue weighted by Gasteiger charge is -2.43. The van der Waals surface area contributed by atoms with Crippen LogP contribution in [0.2, 0.25) is 0 Å². The summed E-state index contributed by atoms with van der Waals surface area (Å²) in [5, 5.41) is 0. The SMILES string of the molecule is CCC(CSC)N(C)C(=O)C1(CN)CCC1. The molecule has 2 N–H and O–H groups in total. The Morgan fingerprint density at radius 1 is 1.56 bits per heavy atom. The second-order valence-electron chi connectivity index (χ2n) is 4.77. The van der Waals surface area contributed by atoms with Gasteiger partial charge in [0.05, 0.1) is 5.41 Å². The summed E-state index contributed by atoms with van der Waals surface area (Å²) in [4.78, 5) is 14.3. The molecular formula is C12H24N2OS. The van der Waals surface area contributed by atoms with Gasteiger partial charge in [-0.3, -0.25) is 4.79 Å². The average molecular weight is 244 g/mol. The van der Waals surface area contributed by atoms with Crippen molar-refractivity contribution < 1.29 is 4.79 Å². The number of carbonyl (C=O) groups excluding carboxylic acids is 1. The second kappa shape index (κ2) is 5.92. The van der Waals surface area contributed by atoms with E-state index in [1.165, 1.54) is 0 Å². The molecule has 16 heavy (non-hydrogen) atoms. The molecule has 0 heterocycles. The number of nitrogens with two attached hydrogens (primary N) is 1. The van der Waals surface area contributed by atoms with Crippen molar-refractivity contribution in [2.24, 2.45) is 11.1 Å². The predicted molar refractivity (Wildman–Crippen MR) is 70.6 cm³/mol. The van der Waals surface area contributed by atoms with Gasteiger partial charge in [0.1, 0.15) is 0 Å². The zero-order valence-electron chi connectivity index (χ0n) is 10.7. The number of amides is 1. The van der Waals surface area contributed by atoms with Crippen molar-refractivity contribution in [3.05, 3.63) is 0 Å². The van der Waals surface area contributed by atoms with Crippen molar-refractivity contribution in [2.45, 2.75) is 38.6 Å². The standard InChI is InChI=1S/C12H24N2OS/c1-4-10(8-16-3)14(2)11(15)12(9-13)6-5-7-12/h10H,4-9,13H2,1-3H3. The van der Waals surface area contributed by atoms with Crippen LogP contribution < -0.4 is 5.73 Å². The summed E-state index contributed by atoms with van der Waals surface area (Å²) in [6.45, 7) is 2.65. The van der Waals surface area contributed by atoms with Crippen molar-refractivity contribution in [1.82, 2.24) is 4.90 Å². The maximum Gasteiger partial charge on any atom is 0.230 e. The Kier molecular flexibility index (Phi) is 5.12. The molecule has 0 aromatic heterocycles. The average Bonchev–Trinajstić information content (AvgIpc) is 2.24. The summed E-state index contributed by atoms with van der Waals surface area (Å²) >= 11 is 1.80. The first kappa shape index (κ1) is 13.8. The van der Waals surface area contributed by atoms with E-state index in [1.807, 2.05) is 11.9 Å². The molecule has 0 radical (unpaired) electrons. The van der Waals surface area contributed by atoms with E-state index in [0.29, 0.717) is 12.6 Å². The summed E-state index contributed by atoms with van der Waals surface area (Å²) < 4.78 is 0. The quantitative estimate of drug-likeness (QED) is 0.774. The fourth-order valence-corrected chi connectivity index (χ4v) is 3.19. The molecule has 0 saturated heterocycles. The highest BCUT2D eigenvalue weighted by Crippen LogP contribution is 2.41. The van der Waals surface area contributed by atoms with Crippen molar-refractivity contribution in [2.75, 3.05) is 25.6 Å². The van der Waals surface area contributed by atoms with Crippen LogP contribution in [0.25, 0.3) is 0 Å². The van der Waals surface area contributed by atoms with E-state index in [-0.39, 0.29) is 11.3 Å². The van der Waals surface area contributed by atoms with E-state index in [1.54, 1.807) is 11.8 Å². The first-order valence-corrected chi connectivity index (χ1v) is 7.47. The fraction of sp³-hybridized carbons (Fsp3) is 0.917. The van der Waals surface area contributed by atoms with Crippen molar-refractivity contribution >= 4 is 17.7 Å². The van der Waals surface area contributed by atoms with Crippen molar-refractivity contribution in [3.63, 3.8) is 0 Å². The van der Waals surface area contributed by atoms with Crippen LogP contribution in [0.15, 0.2) is 0 Å². The number of nitrogens with zero attached hydrogens (tertiary/aromatic N) is 1. The molecule has 1 rings (SSSR count). The predicted octanol–water partition coefficient (Wildman–Crippen LogP) is 1.72. The molecule has 1 atom stereocenters. The van der Waals surface area contributed by atoms with Gasteiger partial charge >= 0.3 is 0 Å². The summed E-state index contributed by atoms with van der Waals surface area (Å²) in [6, 6.07) is 0.353. The number of hydrogen-bond acceptors (Lipinski definition) is 3. The number of rotatable bonds is 6. The fourth-order valence-electron chi connectivity index (χ4n) is 2.34. The van der Waals surface area contributed by atoms with Crippen LogP contribution in [0.1, 0.15) is 32.6 Å². The van der Waals surface area contributed by atoms with E-state index < -0.39 is 0 Å². The Labute approximate surface area is 103 Å². The van der Waals surface area contributed by atoms with Crippen LogP contribution in [0.3, 0.4) is 0 Å². The lowest BCUT2D eigenvalue weighted by Crippen LogP contribution is -2.53. The summed E-state index contributed by atoms with van der Waals surface area (Å²) in [5.41, 5.74) is 5.55.